The number of carbonyl (C=O) groups is 1. The molecule has 2 N–H and O–H groups in total. The minimum absolute atomic E-state index is 0.284. The summed E-state index contributed by atoms with van der Waals surface area (Å²) in [5.74, 6) is -0.284. The Labute approximate surface area is 138 Å². The number of para-hydroxylation sites is 1. The van der Waals surface area contributed by atoms with Gasteiger partial charge in [0.2, 0.25) is 5.91 Å². The van der Waals surface area contributed by atoms with E-state index >= 15 is 0 Å². The fourth-order valence-corrected chi connectivity index (χ4v) is 4.24. The van der Waals surface area contributed by atoms with Gasteiger partial charge in [0.05, 0.1) is 11.9 Å². The molecule has 4 aromatic rings. The first-order chi connectivity index (χ1) is 11.2. The quantitative estimate of drug-likeness (QED) is 0.608. The van der Waals surface area contributed by atoms with Gasteiger partial charge in [-0.05, 0) is 17.7 Å². The summed E-state index contributed by atoms with van der Waals surface area (Å²) in [6.45, 7) is 0.821. The van der Waals surface area contributed by atoms with Crippen LogP contribution in [0.4, 0.5) is 0 Å². The Hall–Kier alpha value is -2.59. The SMILES string of the molecule is NC(=O)Cc1cc2c3ccccc3n(Cc3ccccc3)c2s1. The van der Waals surface area contributed by atoms with Gasteiger partial charge in [-0.2, -0.15) is 0 Å². The number of aromatic nitrogens is 1. The van der Waals surface area contributed by atoms with Crippen molar-refractivity contribution in [1.29, 1.82) is 0 Å². The van der Waals surface area contributed by atoms with Crippen molar-refractivity contribution in [2.24, 2.45) is 5.73 Å². The average molecular weight is 320 g/mol. The molecule has 4 heteroatoms. The van der Waals surface area contributed by atoms with Gasteiger partial charge in [-0.15, -0.1) is 11.3 Å². The molecule has 0 atom stereocenters. The van der Waals surface area contributed by atoms with E-state index < -0.39 is 0 Å². The summed E-state index contributed by atoms with van der Waals surface area (Å²) in [4.78, 5) is 13.5. The first kappa shape index (κ1) is 14.0. The molecule has 0 fully saturated rings. The first-order valence-corrected chi connectivity index (χ1v) is 8.36. The highest BCUT2D eigenvalue weighted by molar-refractivity contribution is 7.19. The van der Waals surface area contributed by atoms with Gasteiger partial charge in [0.1, 0.15) is 4.83 Å². The molecule has 0 saturated heterocycles. The Kier molecular flexibility index (Phi) is 3.39. The third-order valence-corrected chi connectivity index (χ3v) is 5.18. The van der Waals surface area contributed by atoms with Crippen molar-refractivity contribution in [1.82, 2.24) is 4.57 Å². The Bertz CT molecular complexity index is 998. The fraction of sp³-hybridized carbons (Fsp3) is 0.105. The van der Waals surface area contributed by atoms with E-state index in [4.69, 9.17) is 5.73 Å². The van der Waals surface area contributed by atoms with Crippen molar-refractivity contribution in [3.63, 3.8) is 0 Å². The van der Waals surface area contributed by atoms with Crippen LogP contribution in [0.1, 0.15) is 10.4 Å². The third kappa shape index (κ3) is 2.51. The molecule has 0 saturated carbocycles. The van der Waals surface area contributed by atoms with Crippen LogP contribution in [0.2, 0.25) is 0 Å². The van der Waals surface area contributed by atoms with Crippen LogP contribution >= 0.6 is 11.3 Å². The van der Waals surface area contributed by atoms with Gasteiger partial charge >= 0.3 is 0 Å². The summed E-state index contributed by atoms with van der Waals surface area (Å²) in [7, 11) is 0. The topological polar surface area (TPSA) is 48.0 Å². The summed E-state index contributed by atoms with van der Waals surface area (Å²) >= 11 is 1.66. The van der Waals surface area contributed by atoms with Crippen LogP contribution in [0.5, 0.6) is 0 Å². The number of hydrogen-bond acceptors (Lipinski definition) is 2. The van der Waals surface area contributed by atoms with Crippen molar-refractivity contribution in [2.75, 3.05) is 0 Å². The summed E-state index contributed by atoms with van der Waals surface area (Å²) in [5.41, 5.74) is 7.84. The molecule has 0 bridgehead atoms. The molecular weight excluding hydrogens is 304 g/mol. The summed E-state index contributed by atoms with van der Waals surface area (Å²) in [6.07, 6.45) is 0.305. The molecule has 0 unspecified atom stereocenters. The average Bonchev–Trinajstić information content (AvgIpc) is 3.07. The largest absolute Gasteiger partial charge is 0.369 e. The fourth-order valence-electron chi connectivity index (χ4n) is 3.05. The van der Waals surface area contributed by atoms with E-state index in [0.717, 1.165) is 11.4 Å². The van der Waals surface area contributed by atoms with E-state index in [-0.39, 0.29) is 5.91 Å². The van der Waals surface area contributed by atoms with Crippen molar-refractivity contribution in [3.8, 4) is 0 Å². The molecule has 3 nitrogen and oxygen atoms in total. The number of fused-ring (bicyclic) bond motifs is 3. The van der Waals surface area contributed by atoms with Gasteiger partial charge < -0.3 is 10.3 Å². The molecule has 4 rings (SSSR count). The highest BCUT2D eigenvalue weighted by Gasteiger charge is 2.15. The highest BCUT2D eigenvalue weighted by atomic mass is 32.1. The second kappa shape index (κ2) is 5.56. The first-order valence-electron chi connectivity index (χ1n) is 7.54. The van der Waals surface area contributed by atoms with Gasteiger partial charge in [0.25, 0.3) is 0 Å². The molecule has 23 heavy (non-hydrogen) atoms. The van der Waals surface area contributed by atoms with Crippen LogP contribution in [0.3, 0.4) is 0 Å². The maximum absolute atomic E-state index is 11.2. The minimum Gasteiger partial charge on any atom is -0.369 e. The van der Waals surface area contributed by atoms with Crippen molar-refractivity contribution in [2.45, 2.75) is 13.0 Å². The smallest absolute Gasteiger partial charge is 0.222 e. The second-order valence-electron chi connectivity index (χ2n) is 5.66. The maximum atomic E-state index is 11.2. The Balaban J connectivity index is 1.91. The molecule has 114 valence electrons. The number of benzene rings is 2. The number of carbonyl (C=O) groups excluding carboxylic acids is 1. The number of primary amides is 1. The van der Waals surface area contributed by atoms with E-state index in [0.29, 0.717) is 6.42 Å². The number of amides is 1. The lowest BCUT2D eigenvalue weighted by Crippen LogP contribution is -2.12. The van der Waals surface area contributed by atoms with E-state index in [1.165, 1.54) is 26.7 Å². The Morgan fingerprint density at radius 2 is 1.74 bits per heavy atom. The van der Waals surface area contributed by atoms with Crippen molar-refractivity contribution in [3.05, 3.63) is 71.1 Å². The second-order valence-corrected chi connectivity index (χ2v) is 6.78. The monoisotopic (exact) mass is 320 g/mol. The molecular formula is C19H16N2OS. The predicted octanol–water partition coefficient (Wildman–Crippen LogP) is 3.93. The van der Waals surface area contributed by atoms with Gasteiger partial charge in [-0.3, -0.25) is 4.79 Å². The zero-order valence-corrected chi connectivity index (χ0v) is 13.3. The van der Waals surface area contributed by atoms with Crippen LogP contribution in [0.15, 0.2) is 60.7 Å². The number of nitrogens with zero attached hydrogens (tertiary/aromatic N) is 1. The lowest BCUT2D eigenvalue weighted by atomic mass is 10.2. The van der Waals surface area contributed by atoms with E-state index in [2.05, 4.69) is 59.2 Å². The van der Waals surface area contributed by atoms with Gasteiger partial charge in [-0.1, -0.05) is 48.5 Å². The van der Waals surface area contributed by atoms with Crippen molar-refractivity contribution < 1.29 is 4.79 Å². The number of thiophene rings is 1. The number of rotatable bonds is 4. The van der Waals surface area contributed by atoms with Crippen LogP contribution in [0.25, 0.3) is 21.1 Å². The molecule has 0 aliphatic heterocycles. The van der Waals surface area contributed by atoms with Crippen LogP contribution < -0.4 is 5.73 Å². The molecule has 2 aromatic heterocycles. The standard InChI is InChI=1S/C19H16N2OS/c20-18(22)11-14-10-16-15-8-4-5-9-17(15)21(19(16)23-14)12-13-6-2-1-3-7-13/h1-10H,11-12H2,(H2,20,22). The Morgan fingerprint density at radius 3 is 2.52 bits per heavy atom. The van der Waals surface area contributed by atoms with E-state index in [1.807, 2.05) is 6.07 Å². The lowest BCUT2D eigenvalue weighted by Gasteiger charge is -2.06. The van der Waals surface area contributed by atoms with E-state index in [9.17, 15) is 4.79 Å². The van der Waals surface area contributed by atoms with Crippen LogP contribution in [-0.2, 0) is 17.8 Å². The molecule has 0 aliphatic carbocycles. The highest BCUT2D eigenvalue weighted by Crippen LogP contribution is 2.35. The summed E-state index contributed by atoms with van der Waals surface area (Å²) in [5, 5.41) is 2.43. The lowest BCUT2D eigenvalue weighted by molar-refractivity contribution is -0.117. The van der Waals surface area contributed by atoms with Crippen molar-refractivity contribution >= 4 is 38.4 Å². The molecule has 0 radical (unpaired) electrons. The van der Waals surface area contributed by atoms with Gasteiger partial charge in [0.15, 0.2) is 0 Å². The maximum Gasteiger partial charge on any atom is 0.222 e. The Morgan fingerprint density at radius 1 is 1.00 bits per heavy atom. The number of nitrogens with two attached hydrogens (primary N) is 1. The molecule has 2 heterocycles. The summed E-state index contributed by atoms with van der Waals surface area (Å²) in [6, 6.07) is 20.9. The van der Waals surface area contributed by atoms with Crippen LogP contribution in [-0.4, -0.2) is 10.5 Å². The normalized spacial score (nSPS) is 11.3. The van der Waals surface area contributed by atoms with Gasteiger partial charge in [-0.25, -0.2) is 0 Å². The molecule has 1 amide bonds. The molecule has 0 spiro atoms. The van der Waals surface area contributed by atoms with E-state index in [1.54, 1.807) is 11.3 Å². The van der Waals surface area contributed by atoms with Gasteiger partial charge in [0, 0.05) is 22.2 Å². The molecule has 0 aliphatic rings. The molecule has 2 aromatic carbocycles. The van der Waals surface area contributed by atoms with Crippen LogP contribution in [0, 0.1) is 0 Å². The predicted molar refractivity (Wildman–Crippen MR) is 95.8 cm³/mol. The minimum atomic E-state index is -0.284. The summed E-state index contributed by atoms with van der Waals surface area (Å²) < 4.78 is 2.33. The zero-order chi connectivity index (χ0) is 15.8. The zero-order valence-electron chi connectivity index (χ0n) is 12.5. The number of hydrogen-bond donors (Lipinski definition) is 1. The third-order valence-electron chi connectivity index (χ3n) is 4.03.